The van der Waals surface area contributed by atoms with Gasteiger partial charge in [0.05, 0.1) is 5.52 Å². The van der Waals surface area contributed by atoms with E-state index in [9.17, 15) is 0 Å². The van der Waals surface area contributed by atoms with E-state index in [4.69, 9.17) is 13.8 Å². The summed E-state index contributed by atoms with van der Waals surface area (Å²) in [6, 6.07) is 55.5. The Balaban J connectivity index is 0.923. The molecule has 7 aromatic carbocycles. The SMILES string of the molecule is C1=Cc2c(n(-c3ccc4c(c3)oc3cc(-c5ccc6oc7c(C8N=C(c9ccccc9)NC(c9ccccc9)N8)cccc7c6c5)ccc34)c3ccccc23)CC1. The van der Waals surface area contributed by atoms with Gasteiger partial charge in [-0.3, -0.25) is 5.32 Å². The fourth-order valence-electron chi connectivity index (χ4n) is 9.04. The average molecular weight is 737 g/mol. The first-order valence-electron chi connectivity index (χ1n) is 19.7. The van der Waals surface area contributed by atoms with Gasteiger partial charge in [-0.05, 0) is 72.0 Å². The highest BCUT2D eigenvalue weighted by Gasteiger charge is 2.28. The van der Waals surface area contributed by atoms with Gasteiger partial charge in [-0.25, -0.2) is 4.99 Å². The van der Waals surface area contributed by atoms with E-state index in [1.807, 2.05) is 24.3 Å². The summed E-state index contributed by atoms with van der Waals surface area (Å²) < 4.78 is 15.7. The molecule has 2 N–H and O–H groups in total. The highest BCUT2D eigenvalue weighted by Crippen LogP contribution is 2.40. The maximum Gasteiger partial charge on any atom is 0.142 e. The zero-order valence-electron chi connectivity index (χ0n) is 30.9. The molecule has 0 bridgehead atoms. The van der Waals surface area contributed by atoms with Crippen LogP contribution in [-0.2, 0) is 6.42 Å². The number of aliphatic imine (C=N–C) groups is 1. The molecular formula is C51H36N4O2. The molecule has 2 unspecified atom stereocenters. The van der Waals surface area contributed by atoms with Gasteiger partial charge in [-0.1, -0.05) is 121 Å². The lowest BCUT2D eigenvalue weighted by atomic mass is 10.00. The van der Waals surface area contributed by atoms with Crippen LogP contribution in [0.2, 0.25) is 0 Å². The third kappa shape index (κ3) is 5.18. The molecule has 0 amide bonds. The zero-order valence-corrected chi connectivity index (χ0v) is 30.9. The van der Waals surface area contributed by atoms with Gasteiger partial charge in [-0.15, -0.1) is 0 Å². The van der Waals surface area contributed by atoms with E-state index in [2.05, 4.69) is 161 Å². The van der Waals surface area contributed by atoms with Crippen LogP contribution in [0.1, 0.15) is 46.7 Å². The molecular weight excluding hydrogens is 701 g/mol. The van der Waals surface area contributed by atoms with Gasteiger partial charge >= 0.3 is 0 Å². The third-order valence-electron chi connectivity index (χ3n) is 11.8. The number of fused-ring (bicyclic) bond motifs is 9. The molecule has 10 aromatic rings. The van der Waals surface area contributed by atoms with Crippen molar-refractivity contribution in [3.8, 4) is 16.8 Å². The first kappa shape index (κ1) is 32.1. The van der Waals surface area contributed by atoms with Gasteiger partial charge in [-0.2, -0.15) is 0 Å². The summed E-state index contributed by atoms with van der Waals surface area (Å²) in [6.45, 7) is 0. The molecule has 2 atom stereocenters. The minimum absolute atomic E-state index is 0.133. The van der Waals surface area contributed by atoms with Crippen molar-refractivity contribution in [3.63, 3.8) is 0 Å². The molecule has 0 saturated carbocycles. The average Bonchev–Trinajstić information content (AvgIpc) is 3.95. The van der Waals surface area contributed by atoms with Crippen molar-refractivity contribution in [2.75, 3.05) is 0 Å². The number of allylic oxidation sites excluding steroid dienone is 1. The van der Waals surface area contributed by atoms with E-state index in [1.165, 1.54) is 22.2 Å². The Bertz CT molecular complexity index is 3260. The third-order valence-corrected chi connectivity index (χ3v) is 11.8. The van der Waals surface area contributed by atoms with Crippen molar-refractivity contribution in [1.82, 2.24) is 15.2 Å². The lowest BCUT2D eigenvalue weighted by Gasteiger charge is -2.32. The zero-order chi connectivity index (χ0) is 37.5. The standard InChI is InChI=1S/C51H36N4O2/c1-3-12-31(13-4-1)49-52-50(32-14-5-2-6-15-32)54-51(53-49)41-19-11-18-40-42-28-33(23-27-45(42)57-48(40)41)34-22-25-38-39-26-24-35(30-47(39)56-46(38)29-34)55-43-20-9-7-16-36(43)37-17-8-10-21-44(37)55/h1-9,11-20,22-30,49,51,53H,10,21H2,(H,52,54). The van der Waals surface area contributed by atoms with Gasteiger partial charge in [0.15, 0.2) is 0 Å². The molecule has 6 heteroatoms. The number of hydrogen-bond donors (Lipinski definition) is 2. The van der Waals surface area contributed by atoms with Crippen LogP contribution < -0.4 is 10.6 Å². The highest BCUT2D eigenvalue weighted by molar-refractivity contribution is 6.09. The highest BCUT2D eigenvalue weighted by atomic mass is 16.3. The molecule has 4 heterocycles. The van der Waals surface area contributed by atoms with Crippen molar-refractivity contribution in [2.45, 2.75) is 25.2 Å². The maximum absolute atomic E-state index is 6.67. The van der Waals surface area contributed by atoms with Gasteiger partial charge in [0.25, 0.3) is 0 Å². The van der Waals surface area contributed by atoms with Crippen molar-refractivity contribution in [3.05, 3.63) is 192 Å². The van der Waals surface area contributed by atoms with Gasteiger partial charge in [0.1, 0.15) is 40.5 Å². The number of nitrogens with one attached hydrogen (secondary N) is 2. The predicted molar refractivity (Wildman–Crippen MR) is 232 cm³/mol. The Labute approximate surface area is 328 Å². The van der Waals surface area contributed by atoms with Crippen molar-refractivity contribution in [1.29, 1.82) is 0 Å². The number of para-hydroxylation sites is 2. The minimum Gasteiger partial charge on any atom is -0.456 e. The molecule has 3 aromatic heterocycles. The number of amidine groups is 1. The molecule has 57 heavy (non-hydrogen) atoms. The largest absolute Gasteiger partial charge is 0.456 e. The smallest absolute Gasteiger partial charge is 0.142 e. The maximum atomic E-state index is 6.67. The fourth-order valence-corrected chi connectivity index (χ4v) is 9.04. The summed E-state index contributed by atoms with van der Waals surface area (Å²) in [6.07, 6.45) is 6.18. The molecule has 0 radical (unpaired) electrons. The second kappa shape index (κ2) is 12.7. The molecule has 272 valence electrons. The summed E-state index contributed by atoms with van der Waals surface area (Å²) in [4.78, 5) is 5.20. The molecule has 12 rings (SSSR count). The number of furan rings is 2. The van der Waals surface area contributed by atoms with E-state index in [0.717, 1.165) is 96.1 Å². The van der Waals surface area contributed by atoms with Gasteiger partial charge in [0, 0.05) is 61.1 Å². The van der Waals surface area contributed by atoms with Crippen LogP contribution in [0.4, 0.5) is 0 Å². The van der Waals surface area contributed by atoms with Crippen molar-refractivity contribution < 1.29 is 8.83 Å². The first-order chi connectivity index (χ1) is 28.2. The Morgan fingerprint density at radius 2 is 1.33 bits per heavy atom. The Morgan fingerprint density at radius 3 is 2.23 bits per heavy atom. The van der Waals surface area contributed by atoms with E-state index in [1.54, 1.807) is 0 Å². The normalized spacial score (nSPS) is 16.7. The molecule has 6 nitrogen and oxygen atoms in total. The van der Waals surface area contributed by atoms with E-state index >= 15 is 0 Å². The van der Waals surface area contributed by atoms with E-state index < -0.39 is 0 Å². The van der Waals surface area contributed by atoms with Gasteiger partial charge < -0.3 is 18.7 Å². The summed E-state index contributed by atoms with van der Waals surface area (Å²) in [5.41, 5.74) is 13.9. The van der Waals surface area contributed by atoms with Crippen molar-refractivity contribution >= 4 is 66.7 Å². The lowest BCUT2D eigenvalue weighted by molar-refractivity contribution is 0.408. The second-order valence-electron chi connectivity index (χ2n) is 15.1. The van der Waals surface area contributed by atoms with Crippen LogP contribution >= 0.6 is 0 Å². The van der Waals surface area contributed by atoms with Crippen LogP contribution in [0.5, 0.6) is 0 Å². The fraction of sp³-hybridized carbons (Fsp3) is 0.0784. The minimum atomic E-state index is -0.329. The lowest BCUT2D eigenvalue weighted by Crippen LogP contribution is -2.44. The topological polar surface area (TPSA) is 67.6 Å². The molecule has 0 saturated heterocycles. The summed E-state index contributed by atoms with van der Waals surface area (Å²) >= 11 is 0. The van der Waals surface area contributed by atoms with Gasteiger partial charge in [0.2, 0.25) is 0 Å². The van der Waals surface area contributed by atoms with E-state index in [-0.39, 0.29) is 12.3 Å². The van der Waals surface area contributed by atoms with Crippen LogP contribution in [0.15, 0.2) is 178 Å². The first-order valence-corrected chi connectivity index (χ1v) is 19.7. The predicted octanol–water partition coefficient (Wildman–Crippen LogP) is 12.4. The van der Waals surface area contributed by atoms with Crippen LogP contribution in [-0.4, -0.2) is 10.4 Å². The molecule has 1 aliphatic carbocycles. The quantitative estimate of drug-likeness (QED) is 0.185. The summed E-state index contributed by atoms with van der Waals surface area (Å²) in [7, 11) is 0. The molecule has 2 aliphatic rings. The number of benzene rings is 7. The molecule has 1 aliphatic heterocycles. The molecule has 0 fully saturated rings. The van der Waals surface area contributed by atoms with Crippen molar-refractivity contribution in [2.24, 2.45) is 4.99 Å². The number of nitrogens with zero attached hydrogens (tertiary/aromatic N) is 2. The summed E-state index contributed by atoms with van der Waals surface area (Å²) in [5, 5.41) is 13.0. The summed E-state index contributed by atoms with van der Waals surface area (Å²) in [5.74, 6) is 0.843. The second-order valence-corrected chi connectivity index (χ2v) is 15.1. The monoisotopic (exact) mass is 736 g/mol. The Morgan fingerprint density at radius 1 is 0.579 bits per heavy atom. The van der Waals surface area contributed by atoms with Crippen LogP contribution in [0.3, 0.4) is 0 Å². The Hall–Kier alpha value is -7.15. The molecule has 0 spiro atoms. The van der Waals surface area contributed by atoms with Crippen LogP contribution in [0.25, 0.3) is 77.7 Å². The Kier molecular flexibility index (Phi) is 7.16. The number of aromatic nitrogens is 1. The number of hydrogen-bond acceptors (Lipinski definition) is 5. The van der Waals surface area contributed by atoms with Crippen LogP contribution in [0, 0.1) is 0 Å². The van der Waals surface area contributed by atoms with E-state index in [0.29, 0.717) is 0 Å². The number of rotatable bonds is 5.